The minimum Gasteiger partial charge on any atom is -0.366 e. The molecule has 2 aliphatic rings. The van der Waals surface area contributed by atoms with Crippen molar-refractivity contribution in [1.29, 1.82) is 0 Å². The quantitative estimate of drug-likeness (QED) is 0.795. The summed E-state index contributed by atoms with van der Waals surface area (Å²) in [6.45, 7) is 0. The van der Waals surface area contributed by atoms with Crippen molar-refractivity contribution in [3.05, 3.63) is 52.1 Å². The number of Topliss-reactive ketones (excluding diaryl/α,β-unsaturated/α-hetero) is 1. The van der Waals surface area contributed by atoms with Crippen LogP contribution in [-0.4, -0.2) is 22.2 Å². The Kier molecular flexibility index (Phi) is 4.94. The largest absolute Gasteiger partial charge is 0.366 e. The van der Waals surface area contributed by atoms with E-state index < -0.39 is 17.6 Å². The van der Waals surface area contributed by atoms with E-state index in [9.17, 15) is 18.8 Å². The van der Waals surface area contributed by atoms with Gasteiger partial charge in [0, 0.05) is 31.8 Å². The molecule has 0 radical (unpaired) electrons. The van der Waals surface area contributed by atoms with Gasteiger partial charge in [-0.1, -0.05) is 11.6 Å². The fourth-order valence-electron chi connectivity index (χ4n) is 4.92. The third kappa shape index (κ3) is 3.55. The molecule has 2 fully saturated rings. The highest BCUT2D eigenvalue weighted by Crippen LogP contribution is 2.50. The molecule has 2 aromatic rings. The molecular weight excluding hydrogens is 397 g/mol. The molecule has 152 valence electrons. The normalized spacial score (nSPS) is 23.3. The summed E-state index contributed by atoms with van der Waals surface area (Å²) in [6, 6.07) is 3.92. The molecule has 0 spiro atoms. The lowest BCUT2D eigenvalue weighted by Crippen LogP contribution is -2.20. The molecule has 0 bridgehead atoms. The van der Waals surface area contributed by atoms with Gasteiger partial charge in [0.15, 0.2) is 0 Å². The van der Waals surface area contributed by atoms with E-state index >= 15 is 0 Å². The number of fused-ring (bicyclic) bond motifs is 1. The number of hydrogen-bond acceptors (Lipinski definition) is 3. The van der Waals surface area contributed by atoms with Crippen LogP contribution in [-0.2, 0) is 11.8 Å². The molecular formula is C21H21ClFN3O3. The van der Waals surface area contributed by atoms with Crippen molar-refractivity contribution >= 4 is 34.9 Å². The Morgan fingerprint density at radius 3 is 2.48 bits per heavy atom. The summed E-state index contributed by atoms with van der Waals surface area (Å²) in [6.07, 6.45) is 4.21. The molecule has 4 rings (SSSR count). The Labute approximate surface area is 172 Å². The zero-order chi connectivity index (χ0) is 20.9. The summed E-state index contributed by atoms with van der Waals surface area (Å²) in [7, 11) is 1.68. The first-order chi connectivity index (χ1) is 13.7. The van der Waals surface area contributed by atoms with Crippen molar-refractivity contribution in [2.45, 2.75) is 31.6 Å². The van der Waals surface area contributed by atoms with Gasteiger partial charge in [-0.3, -0.25) is 14.4 Å². The van der Waals surface area contributed by atoms with Crippen LogP contribution in [0.1, 0.15) is 58.0 Å². The zero-order valence-corrected chi connectivity index (χ0v) is 16.6. The number of aryl methyl sites for hydroxylation is 1. The monoisotopic (exact) mass is 417 g/mol. The van der Waals surface area contributed by atoms with Gasteiger partial charge in [0.25, 0.3) is 11.8 Å². The molecule has 2 saturated carbocycles. The highest BCUT2D eigenvalue weighted by Gasteiger charge is 2.44. The average molecular weight is 418 g/mol. The number of primary amides is 1. The molecule has 1 aromatic heterocycles. The minimum absolute atomic E-state index is 0.0145. The molecule has 2 amide bonds. The molecule has 0 aliphatic heterocycles. The number of ketones is 1. The van der Waals surface area contributed by atoms with Gasteiger partial charge in [-0.25, -0.2) is 4.39 Å². The topological polar surface area (TPSA) is 94.2 Å². The number of anilines is 1. The molecule has 2 atom stereocenters. The van der Waals surface area contributed by atoms with E-state index in [0.29, 0.717) is 47.2 Å². The van der Waals surface area contributed by atoms with Gasteiger partial charge in [0.05, 0.1) is 10.6 Å². The molecule has 8 heteroatoms. The molecule has 29 heavy (non-hydrogen) atoms. The van der Waals surface area contributed by atoms with Crippen LogP contribution in [0.4, 0.5) is 10.1 Å². The van der Waals surface area contributed by atoms with E-state index in [-0.39, 0.29) is 16.7 Å². The van der Waals surface area contributed by atoms with Crippen molar-refractivity contribution in [2.75, 3.05) is 5.32 Å². The van der Waals surface area contributed by atoms with Gasteiger partial charge < -0.3 is 15.6 Å². The van der Waals surface area contributed by atoms with Gasteiger partial charge in [0.1, 0.15) is 17.3 Å². The average Bonchev–Trinajstić information content (AvgIpc) is 3.28. The number of benzene rings is 1. The fourth-order valence-corrected chi connectivity index (χ4v) is 5.10. The third-order valence-electron chi connectivity index (χ3n) is 6.11. The standard InChI is InChI=1S/C21H21ClFN3O3/c1-26-9-15(20(24)28)18(12-4-10-6-14(27)7-11(10)5-12)19(26)21(29)25-13-2-3-17(23)16(22)8-13/h2-3,8-12H,4-7H2,1H3,(H2,24,28)(H,25,29). The van der Waals surface area contributed by atoms with E-state index in [2.05, 4.69) is 5.32 Å². The van der Waals surface area contributed by atoms with E-state index in [1.165, 1.54) is 18.2 Å². The Hall–Kier alpha value is -2.67. The van der Waals surface area contributed by atoms with Gasteiger partial charge in [-0.2, -0.15) is 0 Å². The highest BCUT2D eigenvalue weighted by molar-refractivity contribution is 6.31. The van der Waals surface area contributed by atoms with E-state index in [1.54, 1.807) is 17.8 Å². The zero-order valence-electron chi connectivity index (χ0n) is 15.9. The van der Waals surface area contributed by atoms with Crippen LogP contribution in [0.5, 0.6) is 0 Å². The molecule has 1 aromatic carbocycles. The minimum atomic E-state index is -0.590. The number of aromatic nitrogens is 1. The van der Waals surface area contributed by atoms with Crippen molar-refractivity contribution < 1.29 is 18.8 Å². The summed E-state index contributed by atoms with van der Waals surface area (Å²) in [5, 5.41) is 2.63. The van der Waals surface area contributed by atoms with Crippen LogP contribution in [0.15, 0.2) is 24.4 Å². The Morgan fingerprint density at radius 1 is 1.24 bits per heavy atom. The Balaban J connectivity index is 1.68. The lowest BCUT2D eigenvalue weighted by Gasteiger charge is -2.16. The number of halogens is 2. The highest BCUT2D eigenvalue weighted by atomic mass is 35.5. The van der Waals surface area contributed by atoms with E-state index in [1.807, 2.05) is 0 Å². The number of nitrogens with one attached hydrogen (secondary N) is 1. The SMILES string of the molecule is Cn1cc(C(N)=O)c(C2CC3CC(=O)CC3C2)c1C(=O)Nc1ccc(F)c(Cl)c1. The fraction of sp³-hybridized carbons (Fsp3) is 0.381. The number of carbonyl (C=O) groups excluding carboxylic acids is 3. The van der Waals surface area contributed by atoms with Gasteiger partial charge in [0.2, 0.25) is 0 Å². The smallest absolute Gasteiger partial charge is 0.272 e. The number of nitrogens with zero attached hydrogens (tertiary/aromatic N) is 1. The molecule has 2 unspecified atom stereocenters. The molecule has 6 nitrogen and oxygen atoms in total. The maximum absolute atomic E-state index is 13.4. The van der Waals surface area contributed by atoms with Crippen LogP contribution in [0.3, 0.4) is 0 Å². The predicted octanol–water partition coefficient (Wildman–Crippen LogP) is 3.64. The number of carbonyl (C=O) groups is 3. The van der Waals surface area contributed by atoms with Crippen molar-refractivity contribution in [2.24, 2.45) is 24.6 Å². The second kappa shape index (κ2) is 7.30. The summed E-state index contributed by atoms with van der Waals surface area (Å²) < 4.78 is 15.0. The summed E-state index contributed by atoms with van der Waals surface area (Å²) in [5.41, 5.74) is 7.24. The van der Waals surface area contributed by atoms with E-state index in [0.717, 1.165) is 12.8 Å². The second-order valence-electron chi connectivity index (χ2n) is 8.00. The Bertz CT molecular complexity index is 1020. The predicted molar refractivity (Wildman–Crippen MR) is 106 cm³/mol. The Morgan fingerprint density at radius 2 is 1.90 bits per heavy atom. The second-order valence-corrected chi connectivity index (χ2v) is 8.41. The maximum atomic E-state index is 13.4. The van der Waals surface area contributed by atoms with Crippen LogP contribution < -0.4 is 11.1 Å². The number of nitrogens with two attached hydrogens (primary N) is 1. The molecule has 2 aliphatic carbocycles. The van der Waals surface area contributed by atoms with Crippen LogP contribution in [0, 0.1) is 17.7 Å². The number of rotatable bonds is 4. The van der Waals surface area contributed by atoms with Crippen LogP contribution in [0.25, 0.3) is 0 Å². The van der Waals surface area contributed by atoms with Gasteiger partial charge in [-0.05, 0) is 54.4 Å². The molecule has 1 heterocycles. The van der Waals surface area contributed by atoms with Crippen LogP contribution >= 0.6 is 11.6 Å². The number of amides is 2. The third-order valence-corrected chi connectivity index (χ3v) is 6.40. The van der Waals surface area contributed by atoms with Crippen molar-refractivity contribution in [1.82, 2.24) is 4.57 Å². The molecule has 0 saturated heterocycles. The molecule has 3 N–H and O–H groups in total. The van der Waals surface area contributed by atoms with Gasteiger partial charge >= 0.3 is 0 Å². The first-order valence-corrected chi connectivity index (χ1v) is 9.89. The maximum Gasteiger partial charge on any atom is 0.272 e. The lowest BCUT2D eigenvalue weighted by atomic mass is 9.90. The van der Waals surface area contributed by atoms with Gasteiger partial charge in [-0.15, -0.1) is 0 Å². The first kappa shape index (κ1) is 19.6. The van der Waals surface area contributed by atoms with E-state index in [4.69, 9.17) is 17.3 Å². The first-order valence-electron chi connectivity index (χ1n) is 9.51. The summed E-state index contributed by atoms with van der Waals surface area (Å²) >= 11 is 5.80. The van der Waals surface area contributed by atoms with Crippen LogP contribution in [0.2, 0.25) is 5.02 Å². The number of hydrogen-bond donors (Lipinski definition) is 2. The van der Waals surface area contributed by atoms with Crippen molar-refractivity contribution in [3.63, 3.8) is 0 Å². The summed E-state index contributed by atoms with van der Waals surface area (Å²) in [5.74, 6) is -0.738. The van der Waals surface area contributed by atoms with Crippen molar-refractivity contribution in [3.8, 4) is 0 Å². The summed E-state index contributed by atoms with van der Waals surface area (Å²) in [4.78, 5) is 36.9. The lowest BCUT2D eigenvalue weighted by molar-refractivity contribution is -0.117.